The Morgan fingerprint density at radius 2 is 1.97 bits per heavy atom. The number of benzene rings is 2. The number of halogens is 2. The zero-order valence-electron chi connectivity index (χ0n) is 16.3. The second-order valence-corrected chi connectivity index (χ2v) is 7.61. The number of anilines is 2. The maximum absolute atomic E-state index is 14.4. The normalized spacial score (nSPS) is 13.7. The number of aryl methyl sites for hydroxylation is 2. The average Bonchev–Trinajstić information content (AvgIpc) is 3.33. The van der Waals surface area contributed by atoms with Crippen molar-refractivity contribution >= 4 is 28.9 Å². The van der Waals surface area contributed by atoms with E-state index in [1.807, 2.05) is 19.1 Å². The summed E-state index contributed by atoms with van der Waals surface area (Å²) in [6, 6.07) is 10.3. The molecule has 7 heteroatoms. The first kappa shape index (κ1) is 19.5. The van der Waals surface area contributed by atoms with E-state index in [0.29, 0.717) is 11.4 Å². The van der Waals surface area contributed by atoms with Gasteiger partial charge in [0.2, 0.25) is 0 Å². The minimum Gasteiger partial charge on any atom is -0.372 e. The molecule has 3 aromatic rings. The molecule has 0 spiro atoms. The highest BCUT2D eigenvalue weighted by Crippen LogP contribution is 2.34. The lowest BCUT2D eigenvalue weighted by Gasteiger charge is -2.19. The molecular weight excluding hydrogens is 393 g/mol. The van der Waals surface area contributed by atoms with E-state index in [4.69, 9.17) is 16.1 Å². The summed E-state index contributed by atoms with van der Waals surface area (Å²) in [5.74, 6) is -0.691. The number of carbonyl (C=O) groups is 1. The summed E-state index contributed by atoms with van der Waals surface area (Å²) in [6.45, 7) is 5.67. The highest BCUT2D eigenvalue weighted by atomic mass is 35.5. The molecule has 0 aliphatic carbocycles. The van der Waals surface area contributed by atoms with Gasteiger partial charge in [-0.3, -0.25) is 4.79 Å². The minimum absolute atomic E-state index is 0.0530. The zero-order valence-corrected chi connectivity index (χ0v) is 17.0. The molecule has 0 saturated carbocycles. The molecule has 2 aromatic carbocycles. The first-order valence-corrected chi connectivity index (χ1v) is 9.91. The van der Waals surface area contributed by atoms with Crippen LogP contribution in [0.25, 0.3) is 11.3 Å². The number of carbonyl (C=O) groups excluding carboxylic acids is 1. The lowest BCUT2D eigenvalue weighted by atomic mass is 10.0. The molecule has 0 unspecified atom stereocenters. The first-order valence-electron chi connectivity index (χ1n) is 9.53. The summed E-state index contributed by atoms with van der Waals surface area (Å²) < 4.78 is 19.6. The monoisotopic (exact) mass is 413 g/mol. The van der Waals surface area contributed by atoms with Crippen LogP contribution in [0.5, 0.6) is 0 Å². The van der Waals surface area contributed by atoms with Gasteiger partial charge >= 0.3 is 0 Å². The Balaban J connectivity index is 1.64. The third kappa shape index (κ3) is 3.72. The van der Waals surface area contributed by atoms with Gasteiger partial charge in [-0.05, 0) is 62.6 Å². The molecule has 150 valence electrons. The Morgan fingerprint density at radius 1 is 1.21 bits per heavy atom. The summed E-state index contributed by atoms with van der Waals surface area (Å²) in [5, 5.41) is 6.95. The van der Waals surface area contributed by atoms with Crippen LogP contribution < -0.4 is 10.2 Å². The second-order valence-electron chi connectivity index (χ2n) is 7.21. The molecule has 29 heavy (non-hydrogen) atoms. The smallest absolute Gasteiger partial charge is 0.261 e. The molecule has 0 radical (unpaired) electrons. The fourth-order valence-corrected chi connectivity index (χ4v) is 3.93. The number of hydrogen-bond acceptors (Lipinski definition) is 4. The molecule has 5 nitrogen and oxygen atoms in total. The maximum atomic E-state index is 14.4. The van der Waals surface area contributed by atoms with Gasteiger partial charge in [-0.15, -0.1) is 0 Å². The van der Waals surface area contributed by atoms with Crippen LogP contribution in [-0.2, 0) is 0 Å². The number of hydrogen-bond donors (Lipinski definition) is 1. The van der Waals surface area contributed by atoms with E-state index in [2.05, 4.69) is 21.4 Å². The van der Waals surface area contributed by atoms with Crippen LogP contribution in [0.15, 0.2) is 40.9 Å². The van der Waals surface area contributed by atoms with Crippen LogP contribution >= 0.6 is 11.6 Å². The van der Waals surface area contributed by atoms with Crippen molar-refractivity contribution in [2.75, 3.05) is 23.3 Å². The van der Waals surface area contributed by atoms with Gasteiger partial charge in [0.15, 0.2) is 0 Å². The van der Waals surface area contributed by atoms with Crippen molar-refractivity contribution in [3.63, 3.8) is 0 Å². The molecule has 1 fully saturated rings. The standard InChI is InChI=1S/C22H21ClFN3O2/c1-13-12-15(27-10-3-4-11-27)8-9-18(13)25-22(28)19-14(2)29-26-21(19)20-16(23)6-5-7-17(20)24/h5-9,12H,3-4,10-11H2,1-2H3,(H,25,28). The lowest BCUT2D eigenvalue weighted by molar-refractivity contribution is 0.102. The lowest BCUT2D eigenvalue weighted by Crippen LogP contribution is -2.18. The third-order valence-electron chi connectivity index (χ3n) is 5.22. The highest BCUT2D eigenvalue weighted by molar-refractivity contribution is 6.33. The molecule has 0 bridgehead atoms. The number of nitrogens with zero attached hydrogens (tertiary/aromatic N) is 2. The van der Waals surface area contributed by atoms with Crippen LogP contribution in [0.2, 0.25) is 5.02 Å². The minimum atomic E-state index is -0.564. The number of amides is 1. The first-order chi connectivity index (χ1) is 14.0. The zero-order chi connectivity index (χ0) is 20.5. The van der Waals surface area contributed by atoms with E-state index in [0.717, 1.165) is 24.3 Å². The Bertz CT molecular complexity index is 1050. The molecule has 2 heterocycles. The quantitative estimate of drug-likeness (QED) is 0.604. The van der Waals surface area contributed by atoms with Crippen LogP contribution in [-0.4, -0.2) is 24.2 Å². The molecular formula is C22H21ClFN3O2. The van der Waals surface area contributed by atoms with Gasteiger partial charge in [0.1, 0.15) is 22.8 Å². The molecule has 1 amide bonds. The predicted octanol–water partition coefficient (Wildman–Crippen LogP) is 5.60. The Morgan fingerprint density at radius 3 is 2.66 bits per heavy atom. The Labute approximate surface area is 173 Å². The van der Waals surface area contributed by atoms with Gasteiger partial charge in [-0.2, -0.15) is 0 Å². The van der Waals surface area contributed by atoms with Crippen LogP contribution in [0.1, 0.15) is 34.5 Å². The van der Waals surface area contributed by atoms with E-state index in [-0.39, 0.29) is 21.8 Å². The Kier molecular flexibility index (Phi) is 5.28. The van der Waals surface area contributed by atoms with Gasteiger partial charge < -0.3 is 14.7 Å². The average molecular weight is 414 g/mol. The van der Waals surface area contributed by atoms with Gasteiger partial charge in [-0.25, -0.2) is 4.39 Å². The van der Waals surface area contributed by atoms with Gasteiger partial charge in [0.05, 0.1) is 10.6 Å². The topological polar surface area (TPSA) is 58.4 Å². The van der Waals surface area contributed by atoms with E-state index in [9.17, 15) is 9.18 Å². The van der Waals surface area contributed by atoms with E-state index in [1.54, 1.807) is 13.0 Å². The fourth-order valence-electron chi connectivity index (χ4n) is 3.68. The number of nitrogens with one attached hydrogen (secondary N) is 1. The van der Waals surface area contributed by atoms with Crippen molar-refractivity contribution in [1.82, 2.24) is 5.16 Å². The van der Waals surface area contributed by atoms with Crippen molar-refractivity contribution in [3.05, 3.63) is 64.1 Å². The largest absolute Gasteiger partial charge is 0.372 e. The van der Waals surface area contributed by atoms with Crippen molar-refractivity contribution in [3.8, 4) is 11.3 Å². The second kappa shape index (κ2) is 7.87. The molecule has 1 aromatic heterocycles. The van der Waals surface area contributed by atoms with Crippen LogP contribution in [0, 0.1) is 19.7 Å². The predicted molar refractivity (Wildman–Crippen MR) is 112 cm³/mol. The van der Waals surface area contributed by atoms with E-state index >= 15 is 0 Å². The summed E-state index contributed by atoms with van der Waals surface area (Å²) >= 11 is 6.16. The van der Waals surface area contributed by atoms with Crippen molar-refractivity contribution in [2.45, 2.75) is 26.7 Å². The summed E-state index contributed by atoms with van der Waals surface area (Å²) in [5.41, 5.74) is 3.09. The maximum Gasteiger partial charge on any atom is 0.261 e. The SMILES string of the molecule is Cc1cc(N2CCCC2)ccc1NC(=O)c1c(-c2c(F)cccc2Cl)noc1C. The Hall–Kier alpha value is -2.86. The number of aromatic nitrogens is 1. The molecule has 4 rings (SSSR count). The van der Waals surface area contributed by atoms with Gasteiger partial charge in [0, 0.05) is 24.5 Å². The van der Waals surface area contributed by atoms with Gasteiger partial charge in [-0.1, -0.05) is 22.8 Å². The summed E-state index contributed by atoms with van der Waals surface area (Å²) in [4.78, 5) is 15.4. The van der Waals surface area contributed by atoms with E-state index < -0.39 is 11.7 Å². The number of rotatable bonds is 4. The van der Waals surface area contributed by atoms with Crippen molar-refractivity contribution < 1.29 is 13.7 Å². The molecule has 1 aliphatic rings. The summed E-state index contributed by atoms with van der Waals surface area (Å²) in [7, 11) is 0. The molecule has 0 atom stereocenters. The fraction of sp³-hybridized carbons (Fsp3) is 0.273. The van der Waals surface area contributed by atoms with Gasteiger partial charge in [0.25, 0.3) is 5.91 Å². The van der Waals surface area contributed by atoms with E-state index in [1.165, 1.54) is 25.0 Å². The molecule has 1 N–H and O–H groups in total. The third-order valence-corrected chi connectivity index (χ3v) is 5.53. The molecule has 1 aliphatic heterocycles. The molecule has 1 saturated heterocycles. The highest BCUT2D eigenvalue weighted by Gasteiger charge is 2.26. The summed E-state index contributed by atoms with van der Waals surface area (Å²) in [6.07, 6.45) is 2.40. The van der Waals surface area contributed by atoms with Crippen LogP contribution in [0.4, 0.5) is 15.8 Å². The van der Waals surface area contributed by atoms with Crippen molar-refractivity contribution in [1.29, 1.82) is 0 Å². The van der Waals surface area contributed by atoms with Crippen LogP contribution in [0.3, 0.4) is 0 Å². The van der Waals surface area contributed by atoms with Crippen molar-refractivity contribution in [2.24, 2.45) is 0 Å².